The molecular weight excluding hydrogens is 318 g/mol. The molecule has 25 heavy (non-hydrogen) atoms. The molecular formula is C18H21N5O2. The number of hydrogen-bond donors (Lipinski definition) is 1. The molecule has 1 amide bonds. The van der Waals surface area contributed by atoms with E-state index in [2.05, 4.69) is 15.5 Å². The second-order valence-corrected chi connectivity index (χ2v) is 5.81. The predicted molar refractivity (Wildman–Crippen MR) is 93.4 cm³/mol. The van der Waals surface area contributed by atoms with Crippen molar-refractivity contribution in [1.29, 1.82) is 0 Å². The van der Waals surface area contributed by atoms with Crippen LogP contribution in [0.4, 0.5) is 0 Å². The van der Waals surface area contributed by atoms with Crippen LogP contribution in [0.1, 0.15) is 18.3 Å². The van der Waals surface area contributed by atoms with Crippen molar-refractivity contribution in [2.45, 2.75) is 26.5 Å². The Kier molecular flexibility index (Phi) is 4.83. The molecule has 0 saturated heterocycles. The summed E-state index contributed by atoms with van der Waals surface area (Å²) in [6.07, 6.45) is 1.15. The van der Waals surface area contributed by atoms with Crippen molar-refractivity contribution in [2.24, 2.45) is 7.05 Å². The van der Waals surface area contributed by atoms with Crippen LogP contribution in [-0.4, -0.2) is 31.6 Å². The average Bonchev–Trinajstić information content (AvgIpc) is 3.19. The highest BCUT2D eigenvalue weighted by Gasteiger charge is 2.16. The fourth-order valence-corrected chi connectivity index (χ4v) is 2.48. The number of nitrogens with one attached hydrogen (secondary N) is 1. The Hall–Kier alpha value is -3.09. The van der Waals surface area contributed by atoms with Gasteiger partial charge in [0.1, 0.15) is 0 Å². The van der Waals surface area contributed by atoms with Crippen LogP contribution in [0, 0.1) is 6.92 Å². The Morgan fingerprint density at radius 2 is 2.00 bits per heavy atom. The molecule has 2 heterocycles. The fraction of sp³-hybridized carbons (Fsp3) is 0.278. The smallest absolute Gasteiger partial charge is 0.261 e. The van der Waals surface area contributed by atoms with E-state index in [1.807, 2.05) is 50.4 Å². The quantitative estimate of drug-likeness (QED) is 0.745. The second kappa shape index (κ2) is 7.21. The molecule has 0 saturated carbocycles. The molecule has 7 heteroatoms. The number of aryl methyl sites for hydroxylation is 2. The highest BCUT2D eigenvalue weighted by Crippen LogP contribution is 2.13. The summed E-state index contributed by atoms with van der Waals surface area (Å²) in [5, 5.41) is 11.4. The number of carbonyl (C=O) groups is 1. The summed E-state index contributed by atoms with van der Waals surface area (Å²) in [4.78, 5) is 12.2. The molecule has 0 aliphatic heterocycles. The van der Waals surface area contributed by atoms with Gasteiger partial charge in [-0.25, -0.2) is 4.68 Å². The third kappa shape index (κ3) is 4.06. The van der Waals surface area contributed by atoms with E-state index < -0.39 is 6.10 Å². The van der Waals surface area contributed by atoms with Gasteiger partial charge in [-0.1, -0.05) is 18.2 Å². The molecule has 0 aliphatic rings. The number of rotatable bonds is 6. The third-order valence-corrected chi connectivity index (χ3v) is 3.79. The van der Waals surface area contributed by atoms with Crippen LogP contribution in [0.5, 0.6) is 5.88 Å². The molecule has 130 valence electrons. The van der Waals surface area contributed by atoms with Crippen LogP contribution in [0.15, 0.2) is 48.7 Å². The van der Waals surface area contributed by atoms with Crippen molar-refractivity contribution in [3.63, 3.8) is 0 Å². The van der Waals surface area contributed by atoms with E-state index >= 15 is 0 Å². The van der Waals surface area contributed by atoms with Gasteiger partial charge in [0.15, 0.2) is 6.10 Å². The molecule has 0 bridgehead atoms. The number of aromatic nitrogens is 4. The van der Waals surface area contributed by atoms with Gasteiger partial charge < -0.3 is 10.1 Å². The zero-order chi connectivity index (χ0) is 17.8. The summed E-state index contributed by atoms with van der Waals surface area (Å²) in [6.45, 7) is 4.02. The highest BCUT2D eigenvalue weighted by atomic mass is 16.5. The van der Waals surface area contributed by atoms with E-state index in [-0.39, 0.29) is 5.91 Å². The highest BCUT2D eigenvalue weighted by molar-refractivity contribution is 5.80. The first kappa shape index (κ1) is 16.8. The number of hydrogen-bond acceptors (Lipinski definition) is 4. The molecule has 3 rings (SSSR count). The minimum atomic E-state index is -0.645. The lowest BCUT2D eigenvalue weighted by Crippen LogP contribution is -2.36. The summed E-state index contributed by atoms with van der Waals surface area (Å²) in [5.41, 5.74) is 2.79. The number of para-hydroxylation sites is 1. The summed E-state index contributed by atoms with van der Waals surface area (Å²) in [7, 11) is 1.85. The van der Waals surface area contributed by atoms with Gasteiger partial charge in [0.25, 0.3) is 5.91 Å². The summed E-state index contributed by atoms with van der Waals surface area (Å²) in [5.74, 6) is 0.205. The minimum absolute atomic E-state index is 0.201. The van der Waals surface area contributed by atoms with Crippen molar-refractivity contribution in [2.75, 3.05) is 0 Å². The van der Waals surface area contributed by atoms with Crippen molar-refractivity contribution >= 4 is 5.91 Å². The maximum absolute atomic E-state index is 12.2. The van der Waals surface area contributed by atoms with Gasteiger partial charge in [0.05, 0.1) is 23.6 Å². The largest absolute Gasteiger partial charge is 0.463 e. The fourth-order valence-electron chi connectivity index (χ4n) is 2.48. The maximum Gasteiger partial charge on any atom is 0.261 e. The van der Waals surface area contributed by atoms with Gasteiger partial charge in [0, 0.05) is 19.3 Å². The Bertz CT molecular complexity index is 853. The number of nitrogens with zero attached hydrogens (tertiary/aromatic N) is 4. The van der Waals surface area contributed by atoms with Gasteiger partial charge in [-0.2, -0.15) is 5.10 Å². The molecule has 0 spiro atoms. The number of amides is 1. The maximum atomic E-state index is 12.2. The number of carbonyl (C=O) groups excluding carboxylic acids is 1. The van der Waals surface area contributed by atoms with Gasteiger partial charge in [-0.05, 0) is 32.0 Å². The predicted octanol–water partition coefficient (Wildman–Crippen LogP) is 2.00. The number of ether oxygens (including phenoxy) is 1. The lowest BCUT2D eigenvalue weighted by atomic mass is 10.3. The Morgan fingerprint density at radius 1 is 1.24 bits per heavy atom. The Labute approximate surface area is 146 Å². The second-order valence-electron chi connectivity index (χ2n) is 5.81. The van der Waals surface area contributed by atoms with Crippen LogP contribution >= 0.6 is 0 Å². The molecule has 1 unspecified atom stereocenters. The summed E-state index contributed by atoms with van der Waals surface area (Å²) in [6, 6.07) is 13.4. The van der Waals surface area contributed by atoms with E-state index in [0.29, 0.717) is 12.4 Å². The average molecular weight is 339 g/mol. The zero-order valence-corrected chi connectivity index (χ0v) is 14.5. The van der Waals surface area contributed by atoms with Gasteiger partial charge >= 0.3 is 0 Å². The van der Waals surface area contributed by atoms with Gasteiger partial charge in [-0.3, -0.25) is 9.48 Å². The minimum Gasteiger partial charge on any atom is -0.463 e. The van der Waals surface area contributed by atoms with Crippen molar-refractivity contribution in [3.8, 4) is 11.6 Å². The molecule has 3 aromatic rings. The zero-order valence-electron chi connectivity index (χ0n) is 14.5. The normalized spacial score (nSPS) is 12.0. The molecule has 7 nitrogen and oxygen atoms in total. The van der Waals surface area contributed by atoms with Gasteiger partial charge in [-0.15, -0.1) is 5.10 Å². The molecule has 0 aliphatic carbocycles. The van der Waals surface area contributed by atoms with E-state index in [1.54, 1.807) is 28.6 Å². The first-order chi connectivity index (χ1) is 12.0. The molecule has 1 atom stereocenters. The van der Waals surface area contributed by atoms with Crippen molar-refractivity contribution in [1.82, 2.24) is 24.9 Å². The SMILES string of the molecule is Cc1cc(CNC(=O)C(C)Oc2ccn(-c3ccccc3)n2)n(C)n1. The van der Waals surface area contributed by atoms with Crippen LogP contribution in [0.25, 0.3) is 5.69 Å². The molecule has 1 aromatic carbocycles. The van der Waals surface area contributed by atoms with Crippen LogP contribution in [0.3, 0.4) is 0 Å². The molecule has 0 fully saturated rings. The Morgan fingerprint density at radius 3 is 2.68 bits per heavy atom. The molecule has 0 radical (unpaired) electrons. The lowest BCUT2D eigenvalue weighted by molar-refractivity contribution is -0.127. The first-order valence-corrected chi connectivity index (χ1v) is 8.08. The standard InChI is InChI=1S/C18H21N5O2/c1-13-11-16(22(3)20-13)12-19-18(24)14(2)25-17-9-10-23(21-17)15-7-5-4-6-8-15/h4-11,14H,12H2,1-3H3,(H,19,24). The summed E-state index contributed by atoms with van der Waals surface area (Å²) < 4.78 is 9.10. The van der Waals surface area contributed by atoms with Crippen molar-refractivity contribution in [3.05, 3.63) is 60.0 Å². The van der Waals surface area contributed by atoms with E-state index in [0.717, 1.165) is 17.1 Å². The molecule has 2 aromatic heterocycles. The van der Waals surface area contributed by atoms with Crippen LogP contribution < -0.4 is 10.1 Å². The van der Waals surface area contributed by atoms with E-state index in [1.165, 1.54) is 0 Å². The van der Waals surface area contributed by atoms with Gasteiger partial charge in [0.2, 0.25) is 5.88 Å². The van der Waals surface area contributed by atoms with Crippen molar-refractivity contribution < 1.29 is 9.53 Å². The lowest BCUT2D eigenvalue weighted by Gasteiger charge is -2.13. The third-order valence-electron chi connectivity index (χ3n) is 3.79. The topological polar surface area (TPSA) is 74.0 Å². The first-order valence-electron chi connectivity index (χ1n) is 8.08. The Balaban J connectivity index is 1.56. The number of benzene rings is 1. The van der Waals surface area contributed by atoms with Crippen LogP contribution in [-0.2, 0) is 18.4 Å². The van der Waals surface area contributed by atoms with Crippen LogP contribution in [0.2, 0.25) is 0 Å². The summed E-state index contributed by atoms with van der Waals surface area (Å²) >= 11 is 0. The van der Waals surface area contributed by atoms with E-state index in [4.69, 9.17) is 4.74 Å². The van der Waals surface area contributed by atoms with E-state index in [9.17, 15) is 4.79 Å². The monoisotopic (exact) mass is 339 g/mol. The molecule has 1 N–H and O–H groups in total.